The van der Waals surface area contributed by atoms with Gasteiger partial charge in [0.2, 0.25) is 5.91 Å². The zero-order chi connectivity index (χ0) is 11.7. The predicted octanol–water partition coefficient (Wildman–Crippen LogP) is 0.526. The molecule has 0 atom stereocenters. The minimum absolute atomic E-state index is 0.198. The number of hydrogen-bond acceptors (Lipinski definition) is 3. The summed E-state index contributed by atoms with van der Waals surface area (Å²) < 4.78 is 0. The summed E-state index contributed by atoms with van der Waals surface area (Å²) in [7, 11) is 3.60. The summed E-state index contributed by atoms with van der Waals surface area (Å²) in [6, 6.07) is 0. The molecular weight excluding hydrogens is 190 g/mol. The molecule has 0 heterocycles. The fraction of sp³-hybridized carbons (Fsp3) is 0.909. The zero-order valence-corrected chi connectivity index (χ0v) is 10.3. The van der Waals surface area contributed by atoms with E-state index in [1.165, 1.54) is 0 Å². The maximum Gasteiger partial charge on any atom is 0.223 e. The highest BCUT2D eigenvalue weighted by Crippen LogP contribution is 1.97. The molecule has 0 radical (unpaired) electrons. The van der Waals surface area contributed by atoms with Gasteiger partial charge in [-0.05, 0) is 32.5 Å². The summed E-state index contributed by atoms with van der Waals surface area (Å²) in [5.74, 6) is 0.198. The van der Waals surface area contributed by atoms with Crippen LogP contribution in [-0.4, -0.2) is 56.0 Å². The van der Waals surface area contributed by atoms with Crippen molar-refractivity contribution in [2.75, 3.05) is 40.3 Å². The van der Waals surface area contributed by atoms with E-state index >= 15 is 0 Å². The molecule has 0 rings (SSSR count). The Morgan fingerprint density at radius 3 is 2.33 bits per heavy atom. The van der Waals surface area contributed by atoms with Crippen LogP contribution in [0.5, 0.6) is 0 Å². The van der Waals surface area contributed by atoms with E-state index in [0.717, 1.165) is 39.0 Å². The first-order valence-electron chi connectivity index (χ1n) is 5.74. The molecule has 0 aliphatic rings. The number of hydrogen-bond donors (Lipinski definition) is 1. The summed E-state index contributed by atoms with van der Waals surface area (Å²) in [4.78, 5) is 15.4. The summed E-state index contributed by atoms with van der Waals surface area (Å²) >= 11 is 0. The van der Waals surface area contributed by atoms with Crippen LogP contribution in [0.25, 0.3) is 0 Å². The van der Waals surface area contributed by atoms with Crippen molar-refractivity contribution in [3.8, 4) is 0 Å². The van der Waals surface area contributed by atoms with E-state index in [9.17, 15) is 4.79 Å². The van der Waals surface area contributed by atoms with Gasteiger partial charge in [-0.25, -0.2) is 0 Å². The molecule has 0 saturated carbocycles. The number of amides is 1. The fourth-order valence-electron chi connectivity index (χ4n) is 1.44. The monoisotopic (exact) mass is 215 g/mol. The average molecular weight is 215 g/mol. The highest BCUT2D eigenvalue weighted by Gasteiger charge is 2.08. The van der Waals surface area contributed by atoms with E-state index in [-0.39, 0.29) is 5.91 Å². The molecule has 90 valence electrons. The minimum Gasteiger partial charge on any atom is -0.349 e. The molecule has 0 aliphatic carbocycles. The Morgan fingerprint density at radius 1 is 1.20 bits per heavy atom. The van der Waals surface area contributed by atoms with E-state index in [0.29, 0.717) is 6.42 Å². The standard InChI is InChI=1S/C11H25N3O/c1-4-8-14(9-5-7-12)10-6-11(15)13(2)3/h4-10,12H2,1-3H3. The van der Waals surface area contributed by atoms with Crippen molar-refractivity contribution in [3.63, 3.8) is 0 Å². The number of rotatable bonds is 8. The van der Waals surface area contributed by atoms with E-state index in [1.54, 1.807) is 19.0 Å². The molecule has 0 spiro atoms. The van der Waals surface area contributed by atoms with Crippen molar-refractivity contribution in [2.45, 2.75) is 26.2 Å². The predicted molar refractivity (Wildman–Crippen MR) is 63.7 cm³/mol. The number of carbonyl (C=O) groups excluding carboxylic acids is 1. The van der Waals surface area contributed by atoms with Crippen molar-refractivity contribution in [3.05, 3.63) is 0 Å². The lowest BCUT2D eigenvalue weighted by atomic mass is 10.3. The summed E-state index contributed by atoms with van der Waals surface area (Å²) in [6.07, 6.45) is 2.74. The van der Waals surface area contributed by atoms with E-state index in [2.05, 4.69) is 11.8 Å². The second-order valence-electron chi connectivity index (χ2n) is 4.02. The molecule has 4 nitrogen and oxygen atoms in total. The van der Waals surface area contributed by atoms with Gasteiger partial charge < -0.3 is 15.5 Å². The molecule has 0 saturated heterocycles. The van der Waals surface area contributed by atoms with Crippen LogP contribution < -0.4 is 5.73 Å². The minimum atomic E-state index is 0.198. The van der Waals surface area contributed by atoms with Crippen molar-refractivity contribution in [2.24, 2.45) is 5.73 Å². The Morgan fingerprint density at radius 2 is 1.87 bits per heavy atom. The van der Waals surface area contributed by atoms with Crippen molar-refractivity contribution in [1.82, 2.24) is 9.80 Å². The smallest absolute Gasteiger partial charge is 0.223 e. The molecule has 1 amide bonds. The van der Waals surface area contributed by atoms with Gasteiger partial charge in [0.1, 0.15) is 0 Å². The number of nitrogens with two attached hydrogens (primary N) is 1. The van der Waals surface area contributed by atoms with Crippen LogP contribution in [0.1, 0.15) is 26.2 Å². The molecule has 0 bridgehead atoms. The van der Waals surface area contributed by atoms with Crippen LogP contribution >= 0.6 is 0 Å². The quantitative estimate of drug-likeness (QED) is 0.642. The Kier molecular flexibility index (Phi) is 8.33. The lowest BCUT2D eigenvalue weighted by Gasteiger charge is -2.21. The molecule has 0 aromatic heterocycles. The van der Waals surface area contributed by atoms with Crippen molar-refractivity contribution in [1.29, 1.82) is 0 Å². The van der Waals surface area contributed by atoms with Crippen LogP contribution in [-0.2, 0) is 4.79 Å². The Hall–Kier alpha value is -0.610. The Labute approximate surface area is 93.4 Å². The highest BCUT2D eigenvalue weighted by atomic mass is 16.2. The average Bonchev–Trinajstić information content (AvgIpc) is 2.21. The third-order valence-electron chi connectivity index (χ3n) is 2.36. The van der Waals surface area contributed by atoms with Gasteiger partial charge >= 0.3 is 0 Å². The summed E-state index contributed by atoms with van der Waals surface area (Å²) in [5, 5.41) is 0. The van der Waals surface area contributed by atoms with Gasteiger partial charge in [0.25, 0.3) is 0 Å². The SMILES string of the molecule is CCCN(CCCN)CCC(=O)N(C)C. The Balaban J connectivity index is 3.78. The lowest BCUT2D eigenvalue weighted by molar-refractivity contribution is -0.129. The second-order valence-corrected chi connectivity index (χ2v) is 4.02. The second kappa shape index (κ2) is 8.68. The van der Waals surface area contributed by atoms with E-state index in [1.807, 2.05) is 0 Å². The van der Waals surface area contributed by atoms with Gasteiger partial charge in [-0.2, -0.15) is 0 Å². The molecule has 4 heteroatoms. The molecule has 0 aromatic rings. The molecular formula is C11H25N3O. The van der Waals surface area contributed by atoms with Gasteiger partial charge in [-0.15, -0.1) is 0 Å². The number of carbonyl (C=O) groups is 1. The zero-order valence-electron chi connectivity index (χ0n) is 10.3. The molecule has 2 N–H and O–H groups in total. The first kappa shape index (κ1) is 14.4. The van der Waals surface area contributed by atoms with Gasteiger partial charge in [0.15, 0.2) is 0 Å². The molecule has 15 heavy (non-hydrogen) atoms. The largest absolute Gasteiger partial charge is 0.349 e. The van der Waals surface area contributed by atoms with Gasteiger partial charge in [-0.3, -0.25) is 4.79 Å². The fourth-order valence-corrected chi connectivity index (χ4v) is 1.44. The molecule has 0 unspecified atom stereocenters. The first-order chi connectivity index (χ1) is 7.11. The van der Waals surface area contributed by atoms with Crippen molar-refractivity contribution >= 4 is 5.91 Å². The van der Waals surface area contributed by atoms with Crippen LogP contribution in [0.4, 0.5) is 0 Å². The summed E-state index contributed by atoms with van der Waals surface area (Å²) in [6.45, 7) is 5.79. The normalized spacial score (nSPS) is 10.7. The van der Waals surface area contributed by atoms with E-state index < -0.39 is 0 Å². The third-order valence-corrected chi connectivity index (χ3v) is 2.36. The third kappa shape index (κ3) is 7.33. The lowest BCUT2D eigenvalue weighted by Crippen LogP contribution is -2.32. The highest BCUT2D eigenvalue weighted by molar-refractivity contribution is 5.75. The summed E-state index contributed by atoms with van der Waals surface area (Å²) in [5.41, 5.74) is 5.48. The Bertz CT molecular complexity index is 171. The van der Waals surface area contributed by atoms with E-state index in [4.69, 9.17) is 5.73 Å². The molecule has 0 aromatic carbocycles. The van der Waals surface area contributed by atoms with Crippen LogP contribution in [0.3, 0.4) is 0 Å². The van der Waals surface area contributed by atoms with Crippen LogP contribution in [0.15, 0.2) is 0 Å². The van der Waals surface area contributed by atoms with Crippen molar-refractivity contribution < 1.29 is 4.79 Å². The maximum absolute atomic E-state index is 11.4. The van der Waals surface area contributed by atoms with Gasteiger partial charge in [0.05, 0.1) is 0 Å². The maximum atomic E-state index is 11.4. The topological polar surface area (TPSA) is 49.6 Å². The van der Waals surface area contributed by atoms with Gasteiger partial charge in [-0.1, -0.05) is 6.92 Å². The first-order valence-corrected chi connectivity index (χ1v) is 5.74. The van der Waals surface area contributed by atoms with Crippen LogP contribution in [0.2, 0.25) is 0 Å². The van der Waals surface area contributed by atoms with Gasteiger partial charge in [0, 0.05) is 27.1 Å². The molecule has 0 aliphatic heterocycles. The number of nitrogens with zero attached hydrogens (tertiary/aromatic N) is 2. The molecule has 0 fully saturated rings. The van der Waals surface area contributed by atoms with Crippen LogP contribution in [0, 0.1) is 0 Å².